The lowest BCUT2D eigenvalue weighted by atomic mass is 10.0. The fourth-order valence-electron chi connectivity index (χ4n) is 9.28. The molecule has 3 N–H and O–H groups in total. The number of carbonyl (C=O) groups excluding carboxylic acids is 1. The third-order valence-corrected chi connectivity index (χ3v) is 13.7. The Balaban J connectivity index is 3.40. The number of rotatable bonds is 54. The Morgan fingerprint density at radius 3 is 0.984 bits per heavy atom. The van der Waals surface area contributed by atoms with E-state index in [1.165, 1.54) is 270 Å². The van der Waals surface area contributed by atoms with E-state index < -0.39 is 12.1 Å². The minimum absolute atomic E-state index is 0.0313. The number of amides is 1. The molecule has 0 aromatic heterocycles. The van der Waals surface area contributed by atoms with Crippen molar-refractivity contribution in [3.8, 4) is 0 Å². The number of allylic oxidation sites excluding steroid dienone is 4. The van der Waals surface area contributed by atoms with Crippen LogP contribution >= 0.6 is 0 Å². The molecular weight excluding hydrogens is 771 g/mol. The molecule has 0 bridgehead atoms. The van der Waals surface area contributed by atoms with E-state index in [9.17, 15) is 15.0 Å². The predicted molar refractivity (Wildman–Crippen MR) is 281 cm³/mol. The van der Waals surface area contributed by atoms with E-state index in [2.05, 4.69) is 43.5 Å². The lowest BCUT2D eigenvalue weighted by Gasteiger charge is -2.22. The van der Waals surface area contributed by atoms with Crippen molar-refractivity contribution < 1.29 is 15.0 Å². The molecule has 0 fully saturated rings. The smallest absolute Gasteiger partial charge is 0.220 e. The van der Waals surface area contributed by atoms with Crippen molar-refractivity contribution in [1.29, 1.82) is 0 Å². The Labute approximate surface area is 396 Å². The van der Waals surface area contributed by atoms with E-state index >= 15 is 0 Å². The molecule has 0 aromatic rings. The predicted octanol–water partition coefficient (Wildman–Crippen LogP) is 19.1. The number of carbonyl (C=O) groups is 1. The molecule has 63 heavy (non-hydrogen) atoms. The van der Waals surface area contributed by atoms with Crippen LogP contribution in [0.3, 0.4) is 0 Å². The van der Waals surface area contributed by atoms with Crippen molar-refractivity contribution >= 4 is 5.91 Å². The van der Waals surface area contributed by atoms with Crippen LogP contribution in [0.4, 0.5) is 0 Å². The van der Waals surface area contributed by atoms with Gasteiger partial charge in [-0.05, 0) is 44.9 Å². The molecule has 0 rings (SSSR count). The Morgan fingerprint density at radius 1 is 0.381 bits per heavy atom. The minimum atomic E-state index is -0.661. The number of unbranched alkanes of at least 4 members (excludes halogenated alkanes) is 43. The SMILES string of the molecule is CCCCC/C=C\C/C=C\CCCCCCCCCCCC(=O)NC(CO)C(O)CCCCCCCCCCCCCCCCCCCCCCCCCCCCCCCCCC. The van der Waals surface area contributed by atoms with Crippen LogP contribution in [-0.2, 0) is 4.79 Å². The molecule has 0 saturated carbocycles. The van der Waals surface area contributed by atoms with Gasteiger partial charge in [0, 0.05) is 6.42 Å². The van der Waals surface area contributed by atoms with Gasteiger partial charge in [-0.15, -0.1) is 0 Å². The fraction of sp³-hybridized carbons (Fsp3) is 0.915. The summed E-state index contributed by atoms with van der Waals surface area (Å²) in [5, 5.41) is 23.3. The van der Waals surface area contributed by atoms with Gasteiger partial charge in [-0.2, -0.15) is 0 Å². The molecule has 0 aromatic carbocycles. The third kappa shape index (κ3) is 51.7. The second kappa shape index (κ2) is 55.2. The summed E-state index contributed by atoms with van der Waals surface area (Å²) in [7, 11) is 0. The number of aliphatic hydroxyl groups is 2. The maximum absolute atomic E-state index is 12.5. The van der Waals surface area contributed by atoms with Gasteiger partial charge in [-0.25, -0.2) is 0 Å². The highest BCUT2D eigenvalue weighted by Crippen LogP contribution is 2.18. The lowest BCUT2D eigenvalue weighted by molar-refractivity contribution is -0.123. The van der Waals surface area contributed by atoms with Crippen LogP contribution in [0.15, 0.2) is 24.3 Å². The second-order valence-electron chi connectivity index (χ2n) is 20.1. The molecule has 2 atom stereocenters. The van der Waals surface area contributed by atoms with Gasteiger partial charge in [0.15, 0.2) is 0 Å². The monoisotopic (exact) mass is 886 g/mol. The topological polar surface area (TPSA) is 69.6 Å². The Morgan fingerprint density at radius 2 is 0.651 bits per heavy atom. The van der Waals surface area contributed by atoms with Gasteiger partial charge in [0.05, 0.1) is 18.8 Å². The van der Waals surface area contributed by atoms with E-state index in [0.717, 1.165) is 32.1 Å². The van der Waals surface area contributed by atoms with E-state index in [-0.39, 0.29) is 12.5 Å². The molecule has 0 aliphatic rings. The first-order chi connectivity index (χ1) is 31.2. The van der Waals surface area contributed by atoms with Crippen molar-refractivity contribution in [3.05, 3.63) is 24.3 Å². The van der Waals surface area contributed by atoms with Crippen LogP contribution in [-0.4, -0.2) is 34.9 Å². The highest BCUT2D eigenvalue weighted by atomic mass is 16.3. The Bertz CT molecular complexity index is 916. The molecule has 0 aliphatic heterocycles. The summed E-state index contributed by atoms with van der Waals surface area (Å²) in [5.74, 6) is -0.0313. The van der Waals surface area contributed by atoms with Crippen LogP contribution < -0.4 is 5.32 Å². The van der Waals surface area contributed by atoms with Gasteiger partial charge in [0.25, 0.3) is 0 Å². The molecule has 0 radical (unpaired) electrons. The summed E-state index contributed by atoms with van der Waals surface area (Å²) in [6.45, 7) is 4.37. The van der Waals surface area contributed by atoms with E-state index in [4.69, 9.17) is 0 Å². The Kier molecular flexibility index (Phi) is 54.2. The highest BCUT2D eigenvalue weighted by molar-refractivity contribution is 5.76. The average Bonchev–Trinajstić information content (AvgIpc) is 3.29. The van der Waals surface area contributed by atoms with Gasteiger partial charge in [0.1, 0.15) is 0 Å². The van der Waals surface area contributed by atoms with E-state index in [1.807, 2.05) is 0 Å². The van der Waals surface area contributed by atoms with Gasteiger partial charge >= 0.3 is 0 Å². The summed E-state index contributed by atoms with van der Waals surface area (Å²) in [6, 6.07) is -0.538. The zero-order valence-corrected chi connectivity index (χ0v) is 43.1. The first-order valence-electron chi connectivity index (χ1n) is 29.0. The number of nitrogens with one attached hydrogen (secondary N) is 1. The Hall–Kier alpha value is -1.13. The third-order valence-electron chi connectivity index (χ3n) is 13.7. The van der Waals surface area contributed by atoms with Crippen molar-refractivity contribution in [2.75, 3.05) is 6.61 Å². The summed E-state index contributed by atoms with van der Waals surface area (Å²) >= 11 is 0. The van der Waals surface area contributed by atoms with Crippen molar-refractivity contribution in [2.45, 2.75) is 341 Å². The molecule has 4 heteroatoms. The molecule has 1 amide bonds. The van der Waals surface area contributed by atoms with Gasteiger partial charge in [-0.1, -0.05) is 301 Å². The van der Waals surface area contributed by atoms with Crippen molar-refractivity contribution in [3.63, 3.8) is 0 Å². The normalized spacial score (nSPS) is 12.9. The quantitative estimate of drug-likeness (QED) is 0.0421. The molecular formula is C59H115NO3. The number of aliphatic hydroxyl groups excluding tert-OH is 2. The van der Waals surface area contributed by atoms with Crippen LogP contribution in [0.1, 0.15) is 328 Å². The molecule has 0 spiro atoms. The molecule has 0 aliphatic carbocycles. The van der Waals surface area contributed by atoms with E-state index in [1.54, 1.807) is 0 Å². The molecule has 2 unspecified atom stereocenters. The standard InChI is InChI=1S/C59H115NO3/c1-3-5-7-9-11-13-15-17-19-21-23-24-25-26-27-28-29-30-31-32-33-34-35-37-38-40-42-44-46-48-50-52-54-58(62)57(56-61)60-59(63)55-53-51-49-47-45-43-41-39-36-22-20-18-16-14-12-10-8-6-4-2/h12,14,18,20,57-58,61-62H,3-11,13,15-17,19,21-56H2,1-2H3,(H,60,63)/b14-12-,20-18-. The van der Waals surface area contributed by atoms with Crippen molar-refractivity contribution in [1.82, 2.24) is 5.32 Å². The van der Waals surface area contributed by atoms with Crippen LogP contribution in [0.25, 0.3) is 0 Å². The van der Waals surface area contributed by atoms with E-state index in [0.29, 0.717) is 12.8 Å². The van der Waals surface area contributed by atoms with Gasteiger partial charge in [-0.3, -0.25) is 4.79 Å². The largest absolute Gasteiger partial charge is 0.394 e. The van der Waals surface area contributed by atoms with Crippen molar-refractivity contribution in [2.24, 2.45) is 0 Å². The van der Waals surface area contributed by atoms with Crippen LogP contribution in [0.2, 0.25) is 0 Å². The lowest BCUT2D eigenvalue weighted by Crippen LogP contribution is -2.45. The molecule has 0 heterocycles. The van der Waals surface area contributed by atoms with Crippen LogP contribution in [0, 0.1) is 0 Å². The number of hydrogen-bond donors (Lipinski definition) is 3. The fourth-order valence-corrected chi connectivity index (χ4v) is 9.28. The maximum Gasteiger partial charge on any atom is 0.220 e. The van der Waals surface area contributed by atoms with Crippen LogP contribution in [0.5, 0.6) is 0 Å². The molecule has 0 saturated heterocycles. The van der Waals surface area contributed by atoms with Gasteiger partial charge < -0.3 is 15.5 Å². The molecule has 374 valence electrons. The first-order valence-corrected chi connectivity index (χ1v) is 29.0. The maximum atomic E-state index is 12.5. The second-order valence-corrected chi connectivity index (χ2v) is 20.1. The number of hydrogen-bond acceptors (Lipinski definition) is 3. The zero-order valence-electron chi connectivity index (χ0n) is 43.1. The first kappa shape index (κ1) is 61.9. The summed E-state index contributed by atoms with van der Waals surface area (Å²) in [5.41, 5.74) is 0. The average molecular weight is 887 g/mol. The summed E-state index contributed by atoms with van der Waals surface area (Å²) in [6.07, 6.45) is 73.2. The summed E-state index contributed by atoms with van der Waals surface area (Å²) < 4.78 is 0. The minimum Gasteiger partial charge on any atom is -0.394 e. The summed E-state index contributed by atoms with van der Waals surface area (Å²) in [4.78, 5) is 12.5. The molecule has 4 nitrogen and oxygen atoms in total. The highest BCUT2D eigenvalue weighted by Gasteiger charge is 2.20. The zero-order chi connectivity index (χ0) is 45.6. The van der Waals surface area contributed by atoms with Gasteiger partial charge in [0.2, 0.25) is 5.91 Å².